The molecule has 5 rings (SSSR count). The summed E-state index contributed by atoms with van der Waals surface area (Å²) < 4.78 is 20.4. The van der Waals surface area contributed by atoms with Crippen LogP contribution in [0.2, 0.25) is 0 Å². The molecule has 0 saturated heterocycles. The molecule has 0 aromatic carbocycles. The zero-order valence-electron chi connectivity index (χ0n) is 22.6. The number of nitrogens with one attached hydrogen (secondary N) is 3. The lowest BCUT2D eigenvalue weighted by Crippen LogP contribution is -2.50. The van der Waals surface area contributed by atoms with Crippen molar-refractivity contribution in [1.29, 1.82) is 0 Å². The predicted molar refractivity (Wildman–Crippen MR) is 148 cm³/mol. The lowest BCUT2D eigenvalue weighted by atomic mass is 9.76. The van der Waals surface area contributed by atoms with Crippen molar-refractivity contribution in [1.82, 2.24) is 35.3 Å². The van der Waals surface area contributed by atoms with Gasteiger partial charge in [-0.3, -0.25) is 9.89 Å². The normalized spacial score (nSPS) is 19.8. The number of anilines is 4. The van der Waals surface area contributed by atoms with Gasteiger partial charge in [0.15, 0.2) is 17.5 Å². The number of aromatic nitrogens is 6. The van der Waals surface area contributed by atoms with Crippen LogP contribution in [0.25, 0.3) is 5.82 Å². The number of aryl methyl sites for hydroxylation is 1. The van der Waals surface area contributed by atoms with E-state index in [1.165, 1.54) is 10.9 Å². The van der Waals surface area contributed by atoms with Crippen LogP contribution in [0.15, 0.2) is 42.9 Å². The van der Waals surface area contributed by atoms with Gasteiger partial charge in [-0.05, 0) is 51.2 Å². The third-order valence-corrected chi connectivity index (χ3v) is 7.47. The fourth-order valence-electron chi connectivity index (χ4n) is 5.09. The summed E-state index contributed by atoms with van der Waals surface area (Å²) in [6, 6.07) is 6.79. The van der Waals surface area contributed by atoms with Gasteiger partial charge in [0.1, 0.15) is 11.4 Å². The first-order valence-corrected chi connectivity index (χ1v) is 13.0. The summed E-state index contributed by atoms with van der Waals surface area (Å²) in [6.45, 7) is 3.79. The quantitative estimate of drug-likeness (QED) is 0.220. The fraction of sp³-hybridized carbons (Fsp3) is 0.370. The maximum absolute atomic E-state index is 13.5. The van der Waals surface area contributed by atoms with E-state index in [2.05, 4.69) is 30.9 Å². The highest BCUT2D eigenvalue weighted by molar-refractivity contribution is 5.85. The second kappa shape index (κ2) is 10.9. The largest absolute Gasteiger partial charge is 0.397 e. The van der Waals surface area contributed by atoms with Crippen LogP contribution in [0, 0.1) is 12.7 Å². The number of aromatic amines is 1. The molecule has 0 radical (unpaired) electrons. The number of amides is 1. The molecule has 4 aromatic heterocycles. The van der Waals surface area contributed by atoms with Gasteiger partial charge in [0.25, 0.3) is 5.91 Å². The Kier molecular flexibility index (Phi) is 7.39. The van der Waals surface area contributed by atoms with Crippen LogP contribution in [0.1, 0.15) is 61.5 Å². The summed E-state index contributed by atoms with van der Waals surface area (Å²) in [7, 11) is 1.56. The average molecular weight is 549 g/mol. The van der Waals surface area contributed by atoms with E-state index < -0.39 is 11.4 Å². The molecule has 1 amide bonds. The first-order valence-electron chi connectivity index (χ1n) is 13.0. The van der Waals surface area contributed by atoms with E-state index in [1.807, 2.05) is 26.0 Å². The molecule has 12 nitrogen and oxygen atoms in total. The molecule has 1 aliphatic rings. The summed E-state index contributed by atoms with van der Waals surface area (Å²) in [5, 5.41) is 17.2. The molecule has 0 aliphatic heterocycles. The number of nitrogens with two attached hydrogens (primary N) is 2. The zero-order chi connectivity index (χ0) is 28.4. The average Bonchev–Trinajstić information content (AvgIpc) is 3.58. The summed E-state index contributed by atoms with van der Waals surface area (Å²) >= 11 is 0. The Hall–Kier alpha value is -4.52. The Morgan fingerprint density at radius 2 is 2.00 bits per heavy atom. The van der Waals surface area contributed by atoms with E-state index in [-0.39, 0.29) is 17.9 Å². The highest BCUT2D eigenvalue weighted by Crippen LogP contribution is 2.42. The summed E-state index contributed by atoms with van der Waals surface area (Å²) in [6.07, 6.45) is 6.28. The van der Waals surface area contributed by atoms with E-state index in [1.54, 1.807) is 25.4 Å². The Balaban J connectivity index is 1.24. The molecule has 0 unspecified atom stereocenters. The number of carbonyl (C=O) groups is 1. The highest BCUT2D eigenvalue weighted by atomic mass is 19.1. The van der Waals surface area contributed by atoms with Crippen LogP contribution in [0.4, 0.5) is 27.4 Å². The number of methoxy groups -OCH3 is 1. The molecule has 1 aliphatic carbocycles. The van der Waals surface area contributed by atoms with Gasteiger partial charge >= 0.3 is 0 Å². The first-order chi connectivity index (χ1) is 19.2. The minimum absolute atomic E-state index is 0.0161. The molecule has 1 fully saturated rings. The molecule has 1 atom stereocenters. The van der Waals surface area contributed by atoms with Crippen molar-refractivity contribution < 1.29 is 13.9 Å². The van der Waals surface area contributed by atoms with Gasteiger partial charge in [0.2, 0.25) is 0 Å². The number of nitrogen functional groups attached to an aromatic ring is 2. The minimum atomic E-state index is -0.979. The first kappa shape index (κ1) is 27.1. The molecular formula is C27H33FN10O2. The zero-order valence-corrected chi connectivity index (χ0v) is 22.6. The van der Waals surface area contributed by atoms with Crippen LogP contribution >= 0.6 is 0 Å². The number of pyridine rings is 2. The third-order valence-electron chi connectivity index (χ3n) is 7.47. The summed E-state index contributed by atoms with van der Waals surface area (Å²) in [5.41, 5.74) is 14.9. The number of hydrogen-bond acceptors (Lipinski definition) is 9. The lowest BCUT2D eigenvalue weighted by molar-refractivity contribution is -0.148. The van der Waals surface area contributed by atoms with E-state index in [4.69, 9.17) is 21.2 Å². The topological polar surface area (TPSA) is 175 Å². The van der Waals surface area contributed by atoms with Crippen LogP contribution < -0.4 is 22.1 Å². The van der Waals surface area contributed by atoms with Crippen LogP contribution in [0.5, 0.6) is 0 Å². The van der Waals surface area contributed by atoms with Gasteiger partial charge in [-0.2, -0.15) is 10.2 Å². The van der Waals surface area contributed by atoms with Crippen LogP contribution in [-0.4, -0.2) is 48.6 Å². The number of ether oxygens (including phenoxy) is 1. The van der Waals surface area contributed by atoms with E-state index in [9.17, 15) is 9.18 Å². The molecule has 0 bridgehead atoms. The number of halogens is 1. The van der Waals surface area contributed by atoms with Gasteiger partial charge in [-0.15, -0.1) is 0 Å². The lowest BCUT2D eigenvalue weighted by Gasteiger charge is -2.38. The van der Waals surface area contributed by atoms with Crippen molar-refractivity contribution in [2.75, 3.05) is 23.9 Å². The molecule has 4 heterocycles. The van der Waals surface area contributed by atoms with E-state index in [0.717, 1.165) is 17.5 Å². The molecular weight excluding hydrogens is 515 g/mol. The third kappa shape index (κ3) is 5.45. The second-order valence-corrected chi connectivity index (χ2v) is 10.2. The highest BCUT2D eigenvalue weighted by Gasteiger charge is 2.43. The van der Waals surface area contributed by atoms with Gasteiger partial charge in [-0.25, -0.2) is 19.0 Å². The molecule has 7 N–H and O–H groups in total. The van der Waals surface area contributed by atoms with Crippen molar-refractivity contribution in [2.45, 2.75) is 57.1 Å². The van der Waals surface area contributed by atoms with Crippen molar-refractivity contribution in [2.24, 2.45) is 0 Å². The van der Waals surface area contributed by atoms with E-state index in [0.29, 0.717) is 60.2 Å². The standard InChI is InChI=1S/C27H33FN10O2/c1-15-10-22(37-36-15)34-21-11-20(29)24(30)25(35-21)17-6-8-27(40-3,9-7-17)26(39)33-16(2)18-4-5-23(31-12-18)38-14-19(28)13-32-38/h4-5,10-14,16-17H,6-9,30H2,1-3H3,(H,33,39)(H4,29,34,35,36,37)/t16-,17?,27?/m0/s1. The number of nitrogens with zero attached hydrogens (tertiary/aromatic N) is 5. The van der Waals surface area contributed by atoms with Gasteiger partial charge in [0, 0.05) is 37.1 Å². The van der Waals surface area contributed by atoms with Gasteiger partial charge in [-0.1, -0.05) is 6.07 Å². The van der Waals surface area contributed by atoms with Gasteiger partial charge < -0.3 is 26.8 Å². The maximum atomic E-state index is 13.5. The van der Waals surface area contributed by atoms with E-state index >= 15 is 0 Å². The fourth-order valence-corrected chi connectivity index (χ4v) is 5.09. The van der Waals surface area contributed by atoms with Crippen molar-refractivity contribution >= 4 is 28.9 Å². The number of hydrogen-bond donors (Lipinski definition) is 5. The molecule has 40 heavy (non-hydrogen) atoms. The number of H-pyrrole nitrogens is 1. The van der Waals surface area contributed by atoms with Crippen LogP contribution in [-0.2, 0) is 9.53 Å². The Labute approximate surface area is 230 Å². The second-order valence-electron chi connectivity index (χ2n) is 10.2. The Morgan fingerprint density at radius 3 is 2.60 bits per heavy atom. The Morgan fingerprint density at radius 1 is 1.23 bits per heavy atom. The number of rotatable bonds is 8. The maximum Gasteiger partial charge on any atom is 0.252 e. The smallest absolute Gasteiger partial charge is 0.252 e. The van der Waals surface area contributed by atoms with Crippen molar-refractivity contribution in [3.05, 3.63) is 65.6 Å². The van der Waals surface area contributed by atoms with Crippen molar-refractivity contribution in [3.8, 4) is 5.82 Å². The van der Waals surface area contributed by atoms with Crippen molar-refractivity contribution in [3.63, 3.8) is 0 Å². The summed E-state index contributed by atoms with van der Waals surface area (Å²) in [4.78, 5) is 22.6. The monoisotopic (exact) mass is 548 g/mol. The molecule has 4 aromatic rings. The molecule has 210 valence electrons. The molecule has 0 spiro atoms. The van der Waals surface area contributed by atoms with Crippen LogP contribution in [0.3, 0.4) is 0 Å². The Bertz CT molecular complexity index is 1490. The SMILES string of the molecule is COC1(C(=O)N[C@@H](C)c2ccc(-n3cc(F)cn3)nc2)CCC(c2nc(Nc3cc(C)[nH]n3)cc(N)c2N)CC1. The predicted octanol–water partition coefficient (Wildman–Crippen LogP) is 3.66. The summed E-state index contributed by atoms with van der Waals surface area (Å²) in [5.74, 6) is 1.05. The number of carbonyl (C=O) groups excluding carboxylic acids is 1. The van der Waals surface area contributed by atoms with Gasteiger partial charge in [0.05, 0.1) is 35.5 Å². The molecule has 1 saturated carbocycles. The molecule has 13 heteroatoms. The minimum Gasteiger partial charge on any atom is -0.397 e.